The first-order chi connectivity index (χ1) is 28.0. The Hall–Kier alpha value is -6.60. The summed E-state index contributed by atoms with van der Waals surface area (Å²) in [5.74, 6) is -3.87. The molecule has 13 heteroatoms. The van der Waals surface area contributed by atoms with E-state index in [9.17, 15) is 33.9 Å². The standard InChI is InChI=1S/C32H35N5O7S.C13H12/c38-27-12-13-28(39)36-25(18-24-7-4-14-45-24)31(42)33-19-30(41)35-23(15-20-5-2-1-3-6-20)17-29(40)37-26(32(43)44)16-21-8-10-22(34-27)11-9-21;1-11-7-9-13(10-8-11)12-5-3-2-4-6-12/h1-11,14,23,25-26H,12-13,15-19H2,(H,33,42)(H,34,38)(H,35,41)(H,36,39)(H,37,40)(H,43,44);2-10H,1H3/t23-,25-,26+;/m1./s1. The number of aliphatic carboxylic acids is 1. The monoisotopic (exact) mass is 801 g/mol. The smallest absolute Gasteiger partial charge is 0.326 e. The molecule has 300 valence electrons. The highest BCUT2D eigenvalue weighted by molar-refractivity contribution is 7.09. The van der Waals surface area contributed by atoms with Gasteiger partial charge in [0.25, 0.3) is 0 Å². The molecule has 3 atom stereocenters. The van der Waals surface area contributed by atoms with Crippen molar-refractivity contribution in [2.45, 2.75) is 63.6 Å². The van der Waals surface area contributed by atoms with E-state index in [0.29, 0.717) is 11.3 Å². The Morgan fingerprint density at radius 2 is 1.31 bits per heavy atom. The molecule has 3 heterocycles. The zero-order chi connectivity index (χ0) is 41.3. The summed E-state index contributed by atoms with van der Waals surface area (Å²) in [7, 11) is 0. The maximum absolute atomic E-state index is 13.1. The number of aryl methyl sites for hydroxylation is 1. The fourth-order valence-electron chi connectivity index (χ4n) is 6.21. The van der Waals surface area contributed by atoms with Crippen molar-refractivity contribution in [2.24, 2.45) is 0 Å². The summed E-state index contributed by atoms with van der Waals surface area (Å²) in [5.41, 5.74) is 5.79. The second kappa shape index (κ2) is 21.6. The number of fused-ring (bicyclic) bond motifs is 19. The van der Waals surface area contributed by atoms with Crippen LogP contribution in [0.3, 0.4) is 0 Å². The molecule has 0 radical (unpaired) electrons. The van der Waals surface area contributed by atoms with Crippen LogP contribution in [-0.2, 0) is 48.0 Å². The molecule has 2 bridgehead atoms. The average molecular weight is 802 g/mol. The molecule has 12 nitrogen and oxygen atoms in total. The fraction of sp³-hybridized carbons (Fsp3) is 0.244. The highest BCUT2D eigenvalue weighted by Crippen LogP contribution is 2.19. The molecule has 0 spiro atoms. The van der Waals surface area contributed by atoms with E-state index in [1.807, 2.05) is 53.9 Å². The Bertz CT molecular complexity index is 2130. The van der Waals surface area contributed by atoms with Crippen molar-refractivity contribution in [3.63, 3.8) is 0 Å². The number of amides is 5. The molecule has 5 aromatic rings. The Labute approximate surface area is 341 Å². The van der Waals surface area contributed by atoms with Crippen LogP contribution in [0, 0.1) is 6.92 Å². The van der Waals surface area contributed by atoms with E-state index in [2.05, 4.69) is 82.0 Å². The van der Waals surface area contributed by atoms with Crippen LogP contribution in [0.2, 0.25) is 0 Å². The highest BCUT2D eigenvalue weighted by atomic mass is 32.1. The number of nitrogens with one attached hydrogen (secondary N) is 5. The van der Waals surface area contributed by atoms with Crippen LogP contribution in [0.4, 0.5) is 5.69 Å². The molecule has 0 saturated carbocycles. The number of anilines is 1. The lowest BCUT2D eigenvalue weighted by Gasteiger charge is -2.22. The van der Waals surface area contributed by atoms with Gasteiger partial charge in [-0.2, -0.15) is 0 Å². The maximum Gasteiger partial charge on any atom is 0.326 e. The van der Waals surface area contributed by atoms with E-state index in [0.717, 1.165) is 10.4 Å². The van der Waals surface area contributed by atoms with Crippen molar-refractivity contribution in [1.82, 2.24) is 21.3 Å². The first kappa shape index (κ1) is 42.5. The van der Waals surface area contributed by atoms with Gasteiger partial charge in [0.2, 0.25) is 29.5 Å². The number of hydrogen-bond acceptors (Lipinski definition) is 7. The normalized spacial score (nSPS) is 18.4. The summed E-state index contributed by atoms with van der Waals surface area (Å²) >= 11 is 1.42. The number of carbonyl (C=O) groups is 6. The number of benzene rings is 4. The van der Waals surface area contributed by atoms with Gasteiger partial charge < -0.3 is 31.7 Å². The zero-order valence-corrected chi connectivity index (χ0v) is 32.9. The third-order valence-corrected chi connectivity index (χ3v) is 10.1. The van der Waals surface area contributed by atoms with Gasteiger partial charge in [0.05, 0.1) is 6.54 Å². The minimum atomic E-state index is -1.23. The summed E-state index contributed by atoms with van der Waals surface area (Å²) in [5, 5.41) is 24.9. The molecule has 2 aliphatic heterocycles. The summed E-state index contributed by atoms with van der Waals surface area (Å²) in [6.45, 7) is 1.69. The van der Waals surface area contributed by atoms with E-state index in [1.165, 1.54) is 28.0 Å². The van der Waals surface area contributed by atoms with Gasteiger partial charge in [0.15, 0.2) is 0 Å². The second-order valence-electron chi connectivity index (χ2n) is 13.9. The van der Waals surface area contributed by atoms with Crippen molar-refractivity contribution in [3.05, 3.63) is 148 Å². The molecule has 5 amide bonds. The van der Waals surface area contributed by atoms with Crippen molar-refractivity contribution >= 4 is 52.5 Å². The van der Waals surface area contributed by atoms with Gasteiger partial charge in [0.1, 0.15) is 12.1 Å². The minimum Gasteiger partial charge on any atom is -0.480 e. The minimum absolute atomic E-state index is 0.0101. The zero-order valence-electron chi connectivity index (χ0n) is 32.1. The highest BCUT2D eigenvalue weighted by Gasteiger charge is 2.26. The fourth-order valence-corrected chi connectivity index (χ4v) is 6.96. The number of rotatable bonds is 6. The molecule has 4 aromatic carbocycles. The van der Waals surface area contributed by atoms with Gasteiger partial charge >= 0.3 is 5.97 Å². The largest absolute Gasteiger partial charge is 0.480 e. The van der Waals surface area contributed by atoms with Crippen LogP contribution in [0.1, 0.15) is 40.8 Å². The Morgan fingerprint density at radius 3 is 1.97 bits per heavy atom. The topological polar surface area (TPSA) is 183 Å². The van der Waals surface area contributed by atoms with E-state index in [-0.39, 0.29) is 38.5 Å². The molecule has 0 unspecified atom stereocenters. The molecule has 0 saturated heterocycles. The van der Waals surface area contributed by atoms with Crippen LogP contribution in [0.5, 0.6) is 0 Å². The summed E-state index contributed by atoms with van der Waals surface area (Å²) < 4.78 is 0. The van der Waals surface area contributed by atoms with Crippen LogP contribution in [0.15, 0.2) is 127 Å². The first-order valence-electron chi connectivity index (χ1n) is 19.0. The van der Waals surface area contributed by atoms with Crippen molar-refractivity contribution in [2.75, 3.05) is 11.9 Å². The Balaban J connectivity index is 0.000000414. The summed E-state index contributed by atoms with van der Waals surface area (Å²) in [4.78, 5) is 77.2. The number of carboxylic acid groups (broad SMARTS) is 1. The molecular formula is C45H47N5O7S. The molecule has 1 aromatic heterocycles. The molecule has 0 aliphatic carbocycles. The van der Waals surface area contributed by atoms with Crippen LogP contribution in [-0.4, -0.2) is 65.3 Å². The molecule has 58 heavy (non-hydrogen) atoms. The predicted octanol–water partition coefficient (Wildman–Crippen LogP) is 5.22. The summed E-state index contributed by atoms with van der Waals surface area (Å²) in [6.07, 6.45) is -0.0455. The predicted molar refractivity (Wildman–Crippen MR) is 224 cm³/mol. The quantitative estimate of drug-likeness (QED) is 0.127. The van der Waals surface area contributed by atoms with Gasteiger partial charge in [-0.3, -0.25) is 24.0 Å². The Kier molecular flexibility index (Phi) is 15.9. The lowest BCUT2D eigenvalue weighted by molar-refractivity contribution is -0.142. The van der Waals surface area contributed by atoms with Gasteiger partial charge in [-0.1, -0.05) is 109 Å². The average Bonchev–Trinajstić information content (AvgIpc) is 3.73. The van der Waals surface area contributed by atoms with E-state index in [1.54, 1.807) is 24.3 Å². The number of thiophene rings is 1. The van der Waals surface area contributed by atoms with E-state index in [4.69, 9.17) is 0 Å². The van der Waals surface area contributed by atoms with Crippen LogP contribution >= 0.6 is 11.3 Å². The molecule has 7 rings (SSSR count). The molecule has 2 aliphatic rings. The molecule has 6 N–H and O–H groups in total. The van der Waals surface area contributed by atoms with Crippen molar-refractivity contribution < 1.29 is 33.9 Å². The van der Waals surface area contributed by atoms with Gasteiger partial charge in [-0.15, -0.1) is 11.3 Å². The Morgan fingerprint density at radius 1 is 0.655 bits per heavy atom. The molecular weight excluding hydrogens is 755 g/mol. The molecule has 0 fully saturated rings. The third-order valence-electron chi connectivity index (χ3n) is 9.23. The second-order valence-corrected chi connectivity index (χ2v) is 15.0. The van der Waals surface area contributed by atoms with Crippen molar-refractivity contribution in [3.8, 4) is 11.1 Å². The van der Waals surface area contributed by atoms with Gasteiger partial charge in [-0.05, 0) is 59.2 Å². The number of carboxylic acids is 1. The van der Waals surface area contributed by atoms with Crippen LogP contribution in [0.25, 0.3) is 11.1 Å². The SMILES string of the molecule is Cc1ccc(-c2ccccc2)cc1.O=C1CCC(=O)N[C@H](Cc2cccs2)C(=O)NCC(=O)N[C@H](Cc2ccccc2)CC(=O)N[C@H](C(=O)O)Cc2ccc(cc2)N1. The lowest BCUT2D eigenvalue weighted by atomic mass is 10.0. The van der Waals surface area contributed by atoms with E-state index >= 15 is 0 Å². The summed E-state index contributed by atoms with van der Waals surface area (Å²) in [6, 6.07) is 35.4. The van der Waals surface area contributed by atoms with Crippen molar-refractivity contribution in [1.29, 1.82) is 0 Å². The number of carbonyl (C=O) groups excluding carboxylic acids is 5. The number of hydrogen-bond donors (Lipinski definition) is 6. The van der Waals surface area contributed by atoms with Crippen LogP contribution < -0.4 is 26.6 Å². The third kappa shape index (κ3) is 14.2. The first-order valence-corrected chi connectivity index (χ1v) is 19.8. The van der Waals surface area contributed by atoms with Gasteiger partial charge in [-0.25, -0.2) is 4.79 Å². The van der Waals surface area contributed by atoms with Gasteiger partial charge in [0, 0.05) is 48.7 Å². The maximum atomic E-state index is 13.1. The van der Waals surface area contributed by atoms with E-state index < -0.39 is 60.2 Å². The lowest BCUT2D eigenvalue weighted by Crippen LogP contribution is -2.51.